The van der Waals surface area contributed by atoms with Gasteiger partial charge in [0.15, 0.2) is 0 Å². The Morgan fingerprint density at radius 1 is 1.35 bits per heavy atom. The summed E-state index contributed by atoms with van der Waals surface area (Å²) < 4.78 is 24.5. The third-order valence-electron chi connectivity index (χ3n) is 3.99. The minimum absolute atomic E-state index is 0.149. The summed E-state index contributed by atoms with van der Waals surface area (Å²) in [6.45, 7) is 1.32. The van der Waals surface area contributed by atoms with Gasteiger partial charge in [0.05, 0.1) is 12.4 Å². The van der Waals surface area contributed by atoms with E-state index in [9.17, 15) is 13.5 Å². The molecule has 5 heteroatoms. The van der Waals surface area contributed by atoms with Gasteiger partial charge in [0.25, 0.3) is 0 Å². The zero-order valence-electron chi connectivity index (χ0n) is 10.5. The number of aliphatic hydroxyl groups excluding tert-OH is 1. The van der Waals surface area contributed by atoms with E-state index in [4.69, 9.17) is 0 Å². The van der Waals surface area contributed by atoms with Gasteiger partial charge in [0.1, 0.15) is 0 Å². The van der Waals surface area contributed by atoms with Crippen LogP contribution >= 0.6 is 0 Å². The molecule has 0 spiro atoms. The lowest BCUT2D eigenvalue weighted by Crippen LogP contribution is -2.39. The van der Waals surface area contributed by atoms with Crippen LogP contribution in [0.4, 0.5) is 0 Å². The Balaban J connectivity index is 1.77. The van der Waals surface area contributed by atoms with E-state index in [-0.39, 0.29) is 6.10 Å². The van der Waals surface area contributed by atoms with E-state index in [0.717, 1.165) is 25.7 Å². The van der Waals surface area contributed by atoms with Crippen molar-refractivity contribution in [2.75, 3.05) is 19.3 Å². The van der Waals surface area contributed by atoms with Gasteiger partial charge in [-0.05, 0) is 50.4 Å². The highest BCUT2D eigenvalue weighted by molar-refractivity contribution is 7.88. The van der Waals surface area contributed by atoms with Gasteiger partial charge in [-0.2, -0.15) is 0 Å². The molecule has 0 aromatic heterocycles. The van der Waals surface area contributed by atoms with E-state index >= 15 is 0 Å². The van der Waals surface area contributed by atoms with Crippen molar-refractivity contribution >= 4 is 10.0 Å². The summed E-state index contributed by atoms with van der Waals surface area (Å²) in [7, 11) is -3.03. The molecule has 2 atom stereocenters. The molecule has 1 saturated carbocycles. The fourth-order valence-corrected chi connectivity index (χ4v) is 3.63. The normalized spacial score (nSPS) is 29.2. The largest absolute Gasteiger partial charge is 0.393 e. The van der Waals surface area contributed by atoms with Crippen molar-refractivity contribution in [3.8, 4) is 0 Å². The second kappa shape index (κ2) is 5.24. The van der Waals surface area contributed by atoms with E-state index in [1.165, 1.54) is 19.1 Å². The van der Waals surface area contributed by atoms with Gasteiger partial charge in [-0.1, -0.05) is 0 Å². The molecule has 1 saturated heterocycles. The summed E-state index contributed by atoms with van der Waals surface area (Å²) in [5.74, 6) is 0.969. The van der Waals surface area contributed by atoms with Crippen molar-refractivity contribution in [1.29, 1.82) is 0 Å². The molecule has 0 radical (unpaired) electrons. The highest BCUT2D eigenvalue weighted by Gasteiger charge is 2.31. The number of hydrogen-bond acceptors (Lipinski definition) is 3. The molecule has 0 aromatic rings. The van der Waals surface area contributed by atoms with Crippen LogP contribution in [0.15, 0.2) is 0 Å². The summed E-state index contributed by atoms with van der Waals surface area (Å²) in [5, 5.41) is 9.81. The maximum atomic E-state index is 11.5. The minimum Gasteiger partial charge on any atom is -0.393 e. The SMILES string of the molecule is CS(=O)(=O)N1CCCC(CCC(O)C2CC2)C1. The molecule has 17 heavy (non-hydrogen) atoms. The average Bonchev–Trinajstić information content (AvgIpc) is 3.09. The van der Waals surface area contributed by atoms with Gasteiger partial charge >= 0.3 is 0 Å². The van der Waals surface area contributed by atoms with Crippen LogP contribution in [0.1, 0.15) is 38.5 Å². The third kappa shape index (κ3) is 3.93. The smallest absolute Gasteiger partial charge is 0.211 e. The van der Waals surface area contributed by atoms with E-state index in [1.54, 1.807) is 4.31 Å². The van der Waals surface area contributed by atoms with Crippen LogP contribution in [0.25, 0.3) is 0 Å². The Bertz CT molecular complexity index is 351. The highest BCUT2D eigenvalue weighted by atomic mass is 32.2. The quantitative estimate of drug-likeness (QED) is 0.809. The van der Waals surface area contributed by atoms with E-state index in [1.807, 2.05) is 0 Å². The first kappa shape index (κ1) is 13.3. The zero-order valence-corrected chi connectivity index (χ0v) is 11.3. The molecule has 0 aromatic carbocycles. The summed E-state index contributed by atoms with van der Waals surface area (Å²) in [6.07, 6.45) is 7.33. The topological polar surface area (TPSA) is 57.6 Å². The van der Waals surface area contributed by atoms with Crippen LogP contribution < -0.4 is 0 Å². The maximum Gasteiger partial charge on any atom is 0.211 e. The fraction of sp³-hybridized carbons (Fsp3) is 1.00. The predicted molar refractivity (Wildman–Crippen MR) is 67.1 cm³/mol. The minimum atomic E-state index is -3.03. The van der Waals surface area contributed by atoms with Crippen molar-refractivity contribution in [3.05, 3.63) is 0 Å². The summed E-state index contributed by atoms with van der Waals surface area (Å²) in [4.78, 5) is 0. The molecule has 1 heterocycles. The number of rotatable bonds is 5. The molecule has 2 rings (SSSR count). The summed E-state index contributed by atoms with van der Waals surface area (Å²) in [5.41, 5.74) is 0. The molecule has 1 aliphatic heterocycles. The molecule has 100 valence electrons. The monoisotopic (exact) mass is 261 g/mol. The number of aliphatic hydroxyl groups is 1. The molecule has 2 fully saturated rings. The van der Waals surface area contributed by atoms with E-state index < -0.39 is 10.0 Å². The Morgan fingerprint density at radius 3 is 2.65 bits per heavy atom. The van der Waals surface area contributed by atoms with Gasteiger partial charge in [0.2, 0.25) is 10.0 Å². The first-order valence-electron chi connectivity index (χ1n) is 6.60. The third-order valence-corrected chi connectivity index (χ3v) is 5.26. The van der Waals surface area contributed by atoms with Crippen LogP contribution in [0.3, 0.4) is 0 Å². The zero-order chi connectivity index (χ0) is 12.5. The lowest BCUT2D eigenvalue weighted by atomic mass is 9.92. The van der Waals surface area contributed by atoms with Crippen LogP contribution in [-0.2, 0) is 10.0 Å². The summed E-state index contributed by atoms with van der Waals surface area (Å²) >= 11 is 0. The van der Waals surface area contributed by atoms with Crippen LogP contribution in [0.2, 0.25) is 0 Å². The average molecular weight is 261 g/mol. The molecular weight excluding hydrogens is 238 g/mol. The molecule has 2 aliphatic rings. The summed E-state index contributed by atoms with van der Waals surface area (Å²) in [6, 6.07) is 0. The molecular formula is C12H23NO3S. The van der Waals surface area contributed by atoms with Gasteiger partial charge in [-0.25, -0.2) is 12.7 Å². The van der Waals surface area contributed by atoms with Crippen molar-refractivity contribution in [2.45, 2.75) is 44.6 Å². The first-order valence-corrected chi connectivity index (χ1v) is 8.45. The second-order valence-corrected chi connectivity index (χ2v) is 7.59. The Hall–Kier alpha value is -0.130. The van der Waals surface area contributed by atoms with Crippen molar-refractivity contribution in [3.63, 3.8) is 0 Å². The Morgan fingerprint density at radius 2 is 2.06 bits per heavy atom. The van der Waals surface area contributed by atoms with Crippen LogP contribution in [0.5, 0.6) is 0 Å². The van der Waals surface area contributed by atoms with Gasteiger partial charge in [0, 0.05) is 13.1 Å². The lowest BCUT2D eigenvalue weighted by Gasteiger charge is -2.31. The Labute approximate surface area is 104 Å². The first-order chi connectivity index (χ1) is 7.97. The number of piperidine rings is 1. The van der Waals surface area contributed by atoms with Gasteiger partial charge in [-0.3, -0.25) is 0 Å². The number of sulfonamides is 1. The molecule has 2 unspecified atom stereocenters. The Kier molecular flexibility index (Phi) is 4.10. The molecule has 0 bridgehead atoms. The van der Waals surface area contributed by atoms with E-state index in [0.29, 0.717) is 24.9 Å². The van der Waals surface area contributed by atoms with Crippen LogP contribution in [-0.4, -0.2) is 43.3 Å². The standard InChI is InChI=1S/C12H23NO3S/c1-17(15,16)13-8-2-3-10(9-13)4-7-12(14)11-5-6-11/h10-12,14H,2-9H2,1H3. The van der Waals surface area contributed by atoms with Crippen molar-refractivity contribution < 1.29 is 13.5 Å². The van der Waals surface area contributed by atoms with Crippen molar-refractivity contribution in [1.82, 2.24) is 4.31 Å². The fourth-order valence-electron chi connectivity index (χ4n) is 2.69. The van der Waals surface area contributed by atoms with E-state index in [2.05, 4.69) is 0 Å². The molecule has 1 N–H and O–H groups in total. The van der Waals surface area contributed by atoms with Crippen molar-refractivity contribution in [2.24, 2.45) is 11.8 Å². The number of hydrogen-bond donors (Lipinski definition) is 1. The van der Waals surface area contributed by atoms with Crippen LogP contribution in [0, 0.1) is 11.8 Å². The molecule has 1 aliphatic carbocycles. The lowest BCUT2D eigenvalue weighted by molar-refractivity contribution is 0.125. The number of nitrogens with zero attached hydrogens (tertiary/aromatic N) is 1. The van der Waals surface area contributed by atoms with Gasteiger partial charge in [-0.15, -0.1) is 0 Å². The predicted octanol–water partition coefficient (Wildman–Crippen LogP) is 1.21. The maximum absolute atomic E-state index is 11.5. The second-order valence-electron chi connectivity index (χ2n) is 5.61. The molecule has 4 nitrogen and oxygen atoms in total. The molecule has 0 amide bonds. The van der Waals surface area contributed by atoms with Gasteiger partial charge < -0.3 is 5.11 Å². The highest BCUT2D eigenvalue weighted by Crippen LogP contribution is 2.35.